The third kappa shape index (κ3) is 3.92. The van der Waals surface area contributed by atoms with E-state index >= 15 is 0 Å². The molecule has 0 radical (unpaired) electrons. The van der Waals surface area contributed by atoms with Gasteiger partial charge in [0, 0.05) is 16.7 Å². The molecule has 1 atom stereocenters. The molecule has 1 aromatic rings. The molecule has 0 bridgehead atoms. The molecule has 0 aliphatic carbocycles. The highest BCUT2D eigenvalue weighted by molar-refractivity contribution is 14.1. The minimum atomic E-state index is 0.165. The van der Waals surface area contributed by atoms with Gasteiger partial charge in [-0.2, -0.15) is 0 Å². The number of rotatable bonds is 4. The largest absolute Gasteiger partial charge is 0.339 e. The molecular formula is C15H21IN2O. The van der Waals surface area contributed by atoms with Crippen LogP contribution in [0.1, 0.15) is 30.1 Å². The summed E-state index contributed by atoms with van der Waals surface area (Å²) in [5, 5.41) is 3.41. The zero-order valence-electron chi connectivity index (χ0n) is 11.4. The lowest BCUT2D eigenvalue weighted by molar-refractivity contribution is 0.0728. The fraction of sp³-hybridized carbons (Fsp3) is 0.533. The monoisotopic (exact) mass is 372 g/mol. The minimum Gasteiger partial charge on any atom is -0.339 e. The molecule has 2 rings (SSSR count). The summed E-state index contributed by atoms with van der Waals surface area (Å²) in [6.45, 7) is 5.86. The Hall–Kier alpha value is -0.620. The van der Waals surface area contributed by atoms with Gasteiger partial charge < -0.3 is 10.2 Å². The topological polar surface area (TPSA) is 32.3 Å². The van der Waals surface area contributed by atoms with Crippen molar-refractivity contribution in [3.8, 4) is 0 Å². The summed E-state index contributed by atoms with van der Waals surface area (Å²) in [4.78, 5) is 14.6. The Morgan fingerprint density at radius 1 is 1.47 bits per heavy atom. The van der Waals surface area contributed by atoms with Crippen LogP contribution in [-0.2, 0) is 0 Å². The Labute approximate surface area is 128 Å². The van der Waals surface area contributed by atoms with Crippen molar-refractivity contribution in [3.05, 3.63) is 33.4 Å². The van der Waals surface area contributed by atoms with E-state index in [0.717, 1.165) is 35.3 Å². The Morgan fingerprint density at radius 3 is 2.89 bits per heavy atom. The van der Waals surface area contributed by atoms with Crippen LogP contribution in [0.5, 0.6) is 0 Å². The van der Waals surface area contributed by atoms with E-state index in [1.54, 1.807) is 0 Å². The quantitative estimate of drug-likeness (QED) is 0.825. The standard InChI is InChI=1S/C15H21IN2O/c1-2-18(11-12-6-5-9-17-10-12)15(19)13-7-3-4-8-14(13)16/h3-4,7-8,12,17H,2,5-6,9-11H2,1H3. The van der Waals surface area contributed by atoms with E-state index in [1.807, 2.05) is 29.2 Å². The minimum absolute atomic E-state index is 0.165. The molecule has 0 spiro atoms. The summed E-state index contributed by atoms with van der Waals surface area (Å²) in [7, 11) is 0. The second kappa shape index (κ2) is 7.24. The van der Waals surface area contributed by atoms with Gasteiger partial charge >= 0.3 is 0 Å². The molecule has 0 saturated carbocycles. The third-order valence-corrected chi connectivity index (χ3v) is 4.59. The number of piperidine rings is 1. The fourth-order valence-electron chi connectivity index (χ4n) is 2.55. The molecule has 1 aliphatic rings. The maximum atomic E-state index is 12.6. The molecule has 1 N–H and O–H groups in total. The van der Waals surface area contributed by atoms with Crippen molar-refractivity contribution in [1.29, 1.82) is 0 Å². The summed E-state index contributed by atoms with van der Waals surface area (Å²) in [6, 6.07) is 7.82. The van der Waals surface area contributed by atoms with Crippen LogP contribution in [0, 0.1) is 9.49 Å². The van der Waals surface area contributed by atoms with E-state index in [1.165, 1.54) is 12.8 Å². The molecular weight excluding hydrogens is 351 g/mol. The molecule has 1 saturated heterocycles. The highest BCUT2D eigenvalue weighted by Gasteiger charge is 2.21. The number of carbonyl (C=O) groups is 1. The Morgan fingerprint density at radius 2 is 2.26 bits per heavy atom. The van der Waals surface area contributed by atoms with E-state index < -0.39 is 0 Å². The first-order chi connectivity index (χ1) is 9.22. The average Bonchev–Trinajstić information content (AvgIpc) is 2.46. The van der Waals surface area contributed by atoms with Gasteiger partial charge in [0.15, 0.2) is 0 Å². The molecule has 1 aliphatic heterocycles. The van der Waals surface area contributed by atoms with Crippen LogP contribution < -0.4 is 5.32 Å². The van der Waals surface area contributed by atoms with Gasteiger partial charge in [-0.15, -0.1) is 0 Å². The predicted octanol–water partition coefficient (Wildman–Crippen LogP) is 2.75. The number of nitrogens with zero attached hydrogens (tertiary/aromatic N) is 1. The first-order valence-electron chi connectivity index (χ1n) is 6.97. The molecule has 1 fully saturated rings. The highest BCUT2D eigenvalue weighted by atomic mass is 127. The highest BCUT2D eigenvalue weighted by Crippen LogP contribution is 2.17. The summed E-state index contributed by atoms with van der Waals surface area (Å²) in [5.74, 6) is 0.761. The maximum absolute atomic E-state index is 12.6. The van der Waals surface area contributed by atoms with Gasteiger partial charge in [0.1, 0.15) is 0 Å². The van der Waals surface area contributed by atoms with Crippen molar-refractivity contribution in [2.45, 2.75) is 19.8 Å². The first-order valence-corrected chi connectivity index (χ1v) is 8.04. The van der Waals surface area contributed by atoms with Crippen molar-refractivity contribution in [2.24, 2.45) is 5.92 Å². The summed E-state index contributed by atoms with van der Waals surface area (Å²) < 4.78 is 1.03. The van der Waals surface area contributed by atoms with Crippen molar-refractivity contribution < 1.29 is 4.79 Å². The van der Waals surface area contributed by atoms with Crippen LogP contribution in [0.2, 0.25) is 0 Å². The van der Waals surface area contributed by atoms with Crippen molar-refractivity contribution >= 4 is 28.5 Å². The molecule has 104 valence electrons. The van der Waals surface area contributed by atoms with Crippen molar-refractivity contribution in [2.75, 3.05) is 26.2 Å². The first kappa shape index (κ1) is 14.8. The van der Waals surface area contributed by atoms with Gasteiger partial charge in [0.25, 0.3) is 5.91 Å². The lowest BCUT2D eigenvalue weighted by atomic mass is 9.99. The van der Waals surface area contributed by atoms with E-state index in [2.05, 4.69) is 34.8 Å². The molecule has 4 heteroatoms. The van der Waals surface area contributed by atoms with E-state index in [9.17, 15) is 4.79 Å². The fourth-order valence-corrected chi connectivity index (χ4v) is 3.17. The van der Waals surface area contributed by atoms with Gasteiger partial charge in [-0.05, 0) is 73.5 Å². The predicted molar refractivity (Wildman–Crippen MR) is 86.3 cm³/mol. The maximum Gasteiger partial charge on any atom is 0.254 e. The molecule has 19 heavy (non-hydrogen) atoms. The van der Waals surface area contributed by atoms with E-state index in [4.69, 9.17) is 0 Å². The number of carbonyl (C=O) groups excluding carboxylic acids is 1. The van der Waals surface area contributed by atoms with Crippen LogP contribution in [0.4, 0.5) is 0 Å². The third-order valence-electron chi connectivity index (χ3n) is 3.65. The lowest BCUT2D eigenvalue weighted by Gasteiger charge is -2.29. The molecule has 3 nitrogen and oxygen atoms in total. The molecule has 1 aromatic carbocycles. The molecule has 1 amide bonds. The Kier molecular flexibility index (Phi) is 5.63. The molecule has 1 heterocycles. The Balaban J connectivity index is 2.04. The normalized spacial score (nSPS) is 19.2. The van der Waals surface area contributed by atoms with Crippen molar-refractivity contribution in [1.82, 2.24) is 10.2 Å². The summed E-state index contributed by atoms with van der Waals surface area (Å²) in [5.41, 5.74) is 0.828. The van der Waals surface area contributed by atoms with Crippen LogP contribution in [0.3, 0.4) is 0 Å². The number of hydrogen-bond acceptors (Lipinski definition) is 2. The van der Waals surface area contributed by atoms with Gasteiger partial charge in [0.05, 0.1) is 5.56 Å². The summed E-state index contributed by atoms with van der Waals surface area (Å²) >= 11 is 2.24. The van der Waals surface area contributed by atoms with Gasteiger partial charge in [-0.25, -0.2) is 0 Å². The summed E-state index contributed by atoms with van der Waals surface area (Å²) in [6.07, 6.45) is 2.45. The lowest BCUT2D eigenvalue weighted by Crippen LogP contribution is -2.41. The number of amides is 1. The molecule has 0 aromatic heterocycles. The number of halogens is 1. The van der Waals surface area contributed by atoms with Crippen LogP contribution >= 0.6 is 22.6 Å². The van der Waals surface area contributed by atoms with Crippen LogP contribution in [-0.4, -0.2) is 37.0 Å². The Bertz CT molecular complexity index is 430. The van der Waals surface area contributed by atoms with Crippen LogP contribution in [0.15, 0.2) is 24.3 Å². The zero-order chi connectivity index (χ0) is 13.7. The SMILES string of the molecule is CCN(CC1CCCNC1)C(=O)c1ccccc1I. The van der Waals surface area contributed by atoms with Gasteiger partial charge in [0.2, 0.25) is 0 Å². The van der Waals surface area contributed by atoms with Gasteiger partial charge in [-0.3, -0.25) is 4.79 Å². The average molecular weight is 372 g/mol. The zero-order valence-corrected chi connectivity index (χ0v) is 13.5. The number of hydrogen-bond donors (Lipinski definition) is 1. The second-order valence-electron chi connectivity index (χ2n) is 5.04. The van der Waals surface area contributed by atoms with E-state index in [-0.39, 0.29) is 5.91 Å². The van der Waals surface area contributed by atoms with Crippen LogP contribution in [0.25, 0.3) is 0 Å². The number of nitrogens with one attached hydrogen (secondary N) is 1. The van der Waals surface area contributed by atoms with Gasteiger partial charge in [-0.1, -0.05) is 12.1 Å². The van der Waals surface area contributed by atoms with E-state index in [0.29, 0.717) is 5.92 Å². The second-order valence-corrected chi connectivity index (χ2v) is 6.20. The smallest absolute Gasteiger partial charge is 0.254 e. The number of benzene rings is 1. The molecule has 1 unspecified atom stereocenters. The van der Waals surface area contributed by atoms with Crippen molar-refractivity contribution in [3.63, 3.8) is 0 Å².